The van der Waals surface area contributed by atoms with Gasteiger partial charge in [-0.05, 0) is 31.5 Å². The summed E-state index contributed by atoms with van der Waals surface area (Å²) in [6.45, 7) is 4.86. The minimum Gasteiger partial charge on any atom is -0.383 e. The predicted molar refractivity (Wildman–Crippen MR) is 53.1 cm³/mol. The molecule has 0 fully saturated rings. The number of nitrogens with two attached hydrogens (primary N) is 1. The first-order valence-corrected chi connectivity index (χ1v) is 4.28. The van der Waals surface area contributed by atoms with E-state index in [0.717, 1.165) is 5.69 Å². The Morgan fingerprint density at radius 2 is 1.83 bits per heavy atom. The quantitative estimate of drug-likeness (QED) is 0.716. The molecule has 3 N–H and O–H groups in total. The summed E-state index contributed by atoms with van der Waals surface area (Å²) in [5.41, 5.74) is 7.81. The predicted octanol–water partition coefficient (Wildman–Crippen LogP) is 1.97. The van der Waals surface area contributed by atoms with Crippen molar-refractivity contribution in [1.29, 1.82) is 0 Å². The van der Waals surface area contributed by atoms with Gasteiger partial charge >= 0.3 is 0 Å². The molecule has 0 aromatic heterocycles. The molecule has 0 atom stereocenters. The monoisotopic (exact) mass is 164 g/mol. The average molecular weight is 164 g/mol. The number of nitrogens with one attached hydrogen (secondary N) is 1. The summed E-state index contributed by atoms with van der Waals surface area (Å²) in [6.07, 6.45) is 0. The van der Waals surface area contributed by atoms with Crippen LogP contribution in [0.5, 0.6) is 0 Å². The molecule has 66 valence electrons. The van der Waals surface area contributed by atoms with Crippen LogP contribution in [-0.2, 0) is 6.54 Å². The van der Waals surface area contributed by atoms with Crippen LogP contribution in [0.3, 0.4) is 0 Å². The van der Waals surface area contributed by atoms with Gasteiger partial charge in [-0.25, -0.2) is 0 Å². The second kappa shape index (κ2) is 4.12. The highest BCUT2D eigenvalue weighted by molar-refractivity contribution is 5.45. The zero-order chi connectivity index (χ0) is 8.97. The van der Waals surface area contributed by atoms with E-state index < -0.39 is 0 Å². The lowest BCUT2D eigenvalue weighted by Gasteiger charge is -2.09. The Kier molecular flexibility index (Phi) is 3.11. The molecule has 1 aromatic carbocycles. The molecular formula is C10H16N2. The zero-order valence-corrected chi connectivity index (χ0v) is 7.67. The molecule has 0 spiro atoms. The van der Waals surface area contributed by atoms with Crippen LogP contribution in [-0.4, -0.2) is 6.04 Å². The minimum absolute atomic E-state index is 0.480. The van der Waals surface area contributed by atoms with Crippen LogP contribution in [0.25, 0.3) is 0 Å². The van der Waals surface area contributed by atoms with E-state index in [1.54, 1.807) is 0 Å². The van der Waals surface area contributed by atoms with Gasteiger partial charge in [-0.1, -0.05) is 12.1 Å². The number of hydrogen-bond acceptors (Lipinski definition) is 2. The van der Waals surface area contributed by atoms with Gasteiger partial charge in [-0.15, -0.1) is 0 Å². The maximum Gasteiger partial charge on any atom is 0.0342 e. The van der Waals surface area contributed by atoms with E-state index in [4.69, 9.17) is 5.73 Å². The molecule has 0 saturated carbocycles. The molecule has 12 heavy (non-hydrogen) atoms. The summed E-state index contributed by atoms with van der Waals surface area (Å²) in [4.78, 5) is 0. The third kappa shape index (κ3) is 2.55. The fraction of sp³-hybridized carbons (Fsp3) is 0.400. The van der Waals surface area contributed by atoms with E-state index in [-0.39, 0.29) is 0 Å². The van der Waals surface area contributed by atoms with Crippen LogP contribution in [0.1, 0.15) is 19.4 Å². The zero-order valence-electron chi connectivity index (χ0n) is 7.67. The van der Waals surface area contributed by atoms with Crippen molar-refractivity contribution in [2.45, 2.75) is 26.4 Å². The molecule has 1 aromatic rings. The van der Waals surface area contributed by atoms with Crippen molar-refractivity contribution in [1.82, 2.24) is 0 Å². The van der Waals surface area contributed by atoms with Gasteiger partial charge in [0.2, 0.25) is 0 Å². The van der Waals surface area contributed by atoms with Gasteiger partial charge < -0.3 is 11.1 Å². The molecule has 0 aliphatic heterocycles. The summed E-state index contributed by atoms with van der Waals surface area (Å²) >= 11 is 0. The number of hydrogen-bond donors (Lipinski definition) is 2. The highest BCUT2D eigenvalue weighted by atomic mass is 14.9. The van der Waals surface area contributed by atoms with Crippen LogP contribution in [0.4, 0.5) is 5.69 Å². The van der Waals surface area contributed by atoms with Crippen LogP contribution in [0.2, 0.25) is 0 Å². The van der Waals surface area contributed by atoms with Crippen molar-refractivity contribution >= 4 is 5.69 Å². The van der Waals surface area contributed by atoms with Gasteiger partial charge in [0.1, 0.15) is 0 Å². The molecule has 2 heteroatoms. The molecule has 0 amide bonds. The molecule has 0 unspecified atom stereocenters. The van der Waals surface area contributed by atoms with E-state index in [0.29, 0.717) is 12.6 Å². The van der Waals surface area contributed by atoms with Crippen molar-refractivity contribution in [3.8, 4) is 0 Å². The summed E-state index contributed by atoms with van der Waals surface area (Å²) in [7, 11) is 0. The lowest BCUT2D eigenvalue weighted by molar-refractivity contribution is 0.899. The molecule has 0 aliphatic carbocycles. The van der Waals surface area contributed by atoms with Gasteiger partial charge in [0.15, 0.2) is 0 Å². The van der Waals surface area contributed by atoms with Crippen molar-refractivity contribution in [2.24, 2.45) is 5.73 Å². The first-order chi connectivity index (χ1) is 5.72. The lowest BCUT2D eigenvalue weighted by atomic mass is 10.2. The summed E-state index contributed by atoms with van der Waals surface area (Å²) < 4.78 is 0. The van der Waals surface area contributed by atoms with Crippen LogP contribution in [0.15, 0.2) is 24.3 Å². The maximum absolute atomic E-state index is 5.48. The van der Waals surface area contributed by atoms with Gasteiger partial charge in [-0.3, -0.25) is 0 Å². The standard InChI is InChI=1S/C10H16N2/c1-8(2)12-10-5-3-9(7-11)4-6-10/h3-6,8,12H,7,11H2,1-2H3. The van der Waals surface area contributed by atoms with Crippen molar-refractivity contribution in [2.75, 3.05) is 5.32 Å². The number of anilines is 1. The fourth-order valence-electron chi connectivity index (χ4n) is 1.07. The normalized spacial score (nSPS) is 10.3. The lowest BCUT2D eigenvalue weighted by Crippen LogP contribution is -2.09. The summed E-state index contributed by atoms with van der Waals surface area (Å²) in [5, 5.41) is 3.32. The Hall–Kier alpha value is -1.02. The van der Waals surface area contributed by atoms with E-state index in [1.807, 2.05) is 12.1 Å². The van der Waals surface area contributed by atoms with Crippen molar-refractivity contribution in [3.63, 3.8) is 0 Å². The Balaban J connectivity index is 2.65. The third-order valence-corrected chi connectivity index (χ3v) is 1.64. The Morgan fingerprint density at radius 3 is 2.25 bits per heavy atom. The first-order valence-electron chi connectivity index (χ1n) is 4.28. The molecule has 2 nitrogen and oxygen atoms in total. The maximum atomic E-state index is 5.48. The largest absolute Gasteiger partial charge is 0.383 e. The average Bonchev–Trinajstić information content (AvgIpc) is 2.05. The first kappa shape index (κ1) is 9.07. The molecule has 0 saturated heterocycles. The smallest absolute Gasteiger partial charge is 0.0342 e. The van der Waals surface area contributed by atoms with E-state index in [1.165, 1.54) is 5.56 Å². The molecule has 0 heterocycles. The van der Waals surface area contributed by atoms with Gasteiger partial charge in [0.05, 0.1) is 0 Å². The van der Waals surface area contributed by atoms with Crippen LogP contribution in [0, 0.1) is 0 Å². The van der Waals surface area contributed by atoms with Crippen molar-refractivity contribution in [3.05, 3.63) is 29.8 Å². The molecule has 0 bridgehead atoms. The van der Waals surface area contributed by atoms with Crippen LogP contribution < -0.4 is 11.1 Å². The fourth-order valence-corrected chi connectivity index (χ4v) is 1.07. The molecular weight excluding hydrogens is 148 g/mol. The topological polar surface area (TPSA) is 38.0 Å². The summed E-state index contributed by atoms with van der Waals surface area (Å²) in [6, 6.07) is 8.69. The minimum atomic E-state index is 0.480. The van der Waals surface area contributed by atoms with Crippen LogP contribution >= 0.6 is 0 Å². The number of rotatable bonds is 3. The van der Waals surface area contributed by atoms with E-state index in [2.05, 4.69) is 31.3 Å². The molecule has 1 rings (SSSR count). The highest BCUT2D eigenvalue weighted by Crippen LogP contribution is 2.09. The van der Waals surface area contributed by atoms with E-state index in [9.17, 15) is 0 Å². The second-order valence-electron chi connectivity index (χ2n) is 3.20. The Bertz CT molecular complexity index is 226. The molecule has 0 aliphatic rings. The van der Waals surface area contributed by atoms with E-state index >= 15 is 0 Å². The highest BCUT2D eigenvalue weighted by Gasteiger charge is 1.94. The Labute approximate surface area is 73.8 Å². The van der Waals surface area contributed by atoms with Gasteiger partial charge in [0.25, 0.3) is 0 Å². The van der Waals surface area contributed by atoms with Gasteiger partial charge in [-0.2, -0.15) is 0 Å². The Morgan fingerprint density at radius 1 is 1.25 bits per heavy atom. The number of benzene rings is 1. The van der Waals surface area contributed by atoms with Crippen molar-refractivity contribution < 1.29 is 0 Å². The molecule has 0 radical (unpaired) electrons. The second-order valence-corrected chi connectivity index (χ2v) is 3.20. The third-order valence-electron chi connectivity index (χ3n) is 1.64. The van der Waals surface area contributed by atoms with Gasteiger partial charge in [0, 0.05) is 18.3 Å². The summed E-state index contributed by atoms with van der Waals surface area (Å²) in [5.74, 6) is 0. The SMILES string of the molecule is CC(C)Nc1ccc(CN)cc1.